The largest absolute Gasteiger partial charge is 0.325 e. The Kier molecular flexibility index (Phi) is 4.62. The summed E-state index contributed by atoms with van der Waals surface area (Å²) in [5.41, 5.74) is 3.08. The molecule has 132 valence electrons. The van der Waals surface area contributed by atoms with E-state index in [0.717, 1.165) is 35.6 Å². The SMILES string of the molecule is Cc1ccc(NC(=O)CSc2nnc3n2CCN3c2ccccc2)cc1. The quantitative estimate of drug-likeness (QED) is 0.702. The number of nitrogens with zero attached hydrogens (tertiary/aromatic N) is 4. The minimum Gasteiger partial charge on any atom is -0.325 e. The van der Waals surface area contributed by atoms with Gasteiger partial charge in [0, 0.05) is 24.5 Å². The third-order valence-electron chi connectivity index (χ3n) is 4.22. The topological polar surface area (TPSA) is 63.1 Å². The van der Waals surface area contributed by atoms with Gasteiger partial charge in [-0.3, -0.25) is 9.36 Å². The maximum absolute atomic E-state index is 12.2. The van der Waals surface area contributed by atoms with E-state index in [0.29, 0.717) is 5.75 Å². The van der Waals surface area contributed by atoms with Crippen LogP contribution in [0.25, 0.3) is 0 Å². The molecule has 26 heavy (non-hydrogen) atoms. The van der Waals surface area contributed by atoms with Crippen molar-refractivity contribution < 1.29 is 4.79 Å². The molecular formula is C19H19N5OS. The van der Waals surface area contributed by atoms with Crippen molar-refractivity contribution in [2.75, 3.05) is 22.5 Å². The molecule has 0 bridgehead atoms. The Bertz CT molecular complexity index is 907. The first-order valence-corrected chi connectivity index (χ1v) is 9.44. The number of benzene rings is 2. The van der Waals surface area contributed by atoms with Crippen molar-refractivity contribution in [2.24, 2.45) is 0 Å². The van der Waals surface area contributed by atoms with Crippen LogP contribution in [0.3, 0.4) is 0 Å². The van der Waals surface area contributed by atoms with Crippen LogP contribution in [-0.2, 0) is 11.3 Å². The second-order valence-electron chi connectivity index (χ2n) is 6.12. The predicted molar refractivity (Wildman–Crippen MR) is 104 cm³/mol. The summed E-state index contributed by atoms with van der Waals surface area (Å²) in [6.45, 7) is 3.70. The summed E-state index contributed by atoms with van der Waals surface area (Å²) in [7, 11) is 0. The van der Waals surface area contributed by atoms with Crippen LogP contribution in [0, 0.1) is 6.92 Å². The van der Waals surface area contributed by atoms with E-state index < -0.39 is 0 Å². The fraction of sp³-hybridized carbons (Fsp3) is 0.211. The van der Waals surface area contributed by atoms with Gasteiger partial charge in [0.1, 0.15) is 0 Å². The first-order valence-electron chi connectivity index (χ1n) is 8.46. The van der Waals surface area contributed by atoms with Gasteiger partial charge in [0.2, 0.25) is 11.9 Å². The summed E-state index contributed by atoms with van der Waals surface area (Å²) in [5, 5.41) is 12.3. The number of para-hydroxylation sites is 1. The lowest BCUT2D eigenvalue weighted by Crippen LogP contribution is -2.14. The summed E-state index contributed by atoms with van der Waals surface area (Å²) < 4.78 is 2.07. The van der Waals surface area contributed by atoms with Gasteiger partial charge in [-0.15, -0.1) is 10.2 Å². The van der Waals surface area contributed by atoms with Crippen LogP contribution in [-0.4, -0.2) is 33.0 Å². The molecule has 1 aromatic heterocycles. The highest BCUT2D eigenvalue weighted by molar-refractivity contribution is 7.99. The summed E-state index contributed by atoms with van der Waals surface area (Å²) >= 11 is 1.41. The number of hydrogen-bond donors (Lipinski definition) is 1. The molecule has 0 saturated heterocycles. The van der Waals surface area contributed by atoms with Crippen molar-refractivity contribution in [3.05, 3.63) is 60.2 Å². The number of aromatic nitrogens is 3. The van der Waals surface area contributed by atoms with Crippen LogP contribution >= 0.6 is 11.8 Å². The molecule has 2 heterocycles. The molecule has 1 aliphatic heterocycles. The number of carbonyl (C=O) groups excluding carboxylic acids is 1. The molecule has 0 aliphatic carbocycles. The van der Waals surface area contributed by atoms with Crippen LogP contribution in [0.15, 0.2) is 59.8 Å². The maximum atomic E-state index is 12.2. The van der Waals surface area contributed by atoms with E-state index >= 15 is 0 Å². The molecule has 0 spiro atoms. The number of nitrogens with one attached hydrogen (secondary N) is 1. The molecule has 1 amide bonds. The number of amides is 1. The molecule has 2 aromatic carbocycles. The van der Waals surface area contributed by atoms with Crippen LogP contribution in [0.2, 0.25) is 0 Å². The van der Waals surface area contributed by atoms with E-state index in [2.05, 4.69) is 37.1 Å². The smallest absolute Gasteiger partial charge is 0.234 e. The molecule has 6 nitrogen and oxygen atoms in total. The highest BCUT2D eigenvalue weighted by Crippen LogP contribution is 2.31. The number of carbonyl (C=O) groups is 1. The van der Waals surface area contributed by atoms with E-state index in [1.165, 1.54) is 17.3 Å². The van der Waals surface area contributed by atoms with E-state index in [4.69, 9.17) is 0 Å². The van der Waals surface area contributed by atoms with Crippen LogP contribution < -0.4 is 10.2 Å². The molecule has 0 saturated carbocycles. The third-order valence-corrected chi connectivity index (χ3v) is 5.19. The fourth-order valence-electron chi connectivity index (χ4n) is 2.90. The summed E-state index contributed by atoms with van der Waals surface area (Å²) in [4.78, 5) is 14.3. The monoisotopic (exact) mass is 365 g/mol. The summed E-state index contributed by atoms with van der Waals surface area (Å²) in [6.07, 6.45) is 0. The number of hydrogen-bond acceptors (Lipinski definition) is 5. The highest BCUT2D eigenvalue weighted by Gasteiger charge is 2.26. The number of fused-ring (bicyclic) bond motifs is 1. The number of aryl methyl sites for hydroxylation is 1. The molecule has 0 fully saturated rings. The minimum atomic E-state index is -0.0471. The van der Waals surface area contributed by atoms with E-state index in [1.807, 2.05) is 49.4 Å². The third kappa shape index (κ3) is 3.43. The number of rotatable bonds is 5. The summed E-state index contributed by atoms with van der Waals surface area (Å²) in [5.74, 6) is 1.09. The fourth-order valence-corrected chi connectivity index (χ4v) is 3.66. The zero-order valence-corrected chi connectivity index (χ0v) is 15.2. The van der Waals surface area contributed by atoms with E-state index in [9.17, 15) is 4.79 Å². The molecule has 1 aliphatic rings. The van der Waals surface area contributed by atoms with Gasteiger partial charge in [-0.05, 0) is 31.2 Å². The van der Waals surface area contributed by atoms with Gasteiger partial charge in [-0.2, -0.15) is 0 Å². The van der Waals surface area contributed by atoms with Crippen LogP contribution in [0.5, 0.6) is 0 Å². The van der Waals surface area contributed by atoms with Crippen molar-refractivity contribution in [1.29, 1.82) is 0 Å². The van der Waals surface area contributed by atoms with Gasteiger partial charge >= 0.3 is 0 Å². The lowest BCUT2D eigenvalue weighted by Gasteiger charge is -2.14. The number of thioether (sulfide) groups is 1. The Morgan fingerprint density at radius 1 is 1.08 bits per heavy atom. The Hall–Kier alpha value is -2.80. The lowest BCUT2D eigenvalue weighted by atomic mass is 10.2. The molecule has 0 unspecified atom stereocenters. The molecule has 0 atom stereocenters. The standard InChI is InChI=1S/C19H19N5OS/c1-14-7-9-15(10-8-14)20-17(25)13-26-19-22-21-18-23(11-12-24(18)19)16-5-3-2-4-6-16/h2-10H,11-13H2,1H3,(H,20,25). The van der Waals surface area contributed by atoms with Gasteiger partial charge in [-0.1, -0.05) is 47.7 Å². The van der Waals surface area contributed by atoms with Gasteiger partial charge < -0.3 is 10.2 Å². The van der Waals surface area contributed by atoms with Gasteiger partial charge in [0.05, 0.1) is 5.75 Å². The summed E-state index contributed by atoms with van der Waals surface area (Å²) in [6, 6.07) is 17.9. The average Bonchev–Trinajstić information content (AvgIpc) is 3.25. The van der Waals surface area contributed by atoms with Gasteiger partial charge in [0.25, 0.3) is 0 Å². The van der Waals surface area contributed by atoms with Crippen molar-refractivity contribution in [1.82, 2.24) is 14.8 Å². The van der Waals surface area contributed by atoms with Crippen LogP contribution in [0.4, 0.5) is 17.3 Å². The first kappa shape index (κ1) is 16.7. The van der Waals surface area contributed by atoms with Crippen LogP contribution in [0.1, 0.15) is 5.56 Å². The van der Waals surface area contributed by atoms with Crippen molar-refractivity contribution in [3.63, 3.8) is 0 Å². The second kappa shape index (κ2) is 7.21. The first-order chi connectivity index (χ1) is 12.7. The Morgan fingerprint density at radius 3 is 2.62 bits per heavy atom. The normalized spacial score (nSPS) is 12.9. The Balaban J connectivity index is 1.39. The lowest BCUT2D eigenvalue weighted by molar-refractivity contribution is -0.113. The minimum absolute atomic E-state index is 0.0471. The molecule has 4 rings (SSSR count). The Morgan fingerprint density at radius 2 is 1.85 bits per heavy atom. The predicted octanol–water partition coefficient (Wildman–Crippen LogP) is 3.47. The number of anilines is 3. The van der Waals surface area contributed by atoms with Crippen molar-refractivity contribution in [2.45, 2.75) is 18.6 Å². The second-order valence-corrected chi connectivity index (χ2v) is 7.07. The van der Waals surface area contributed by atoms with Crippen molar-refractivity contribution >= 4 is 35.0 Å². The molecule has 1 N–H and O–H groups in total. The molecule has 3 aromatic rings. The molecule has 7 heteroatoms. The van der Waals surface area contributed by atoms with Gasteiger partial charge in [-0.25, -0.2) is 0 Å². The van der Waals surface area contributed by atoms with Gasteiger partial charge in [0.15, 0.2) is 5.16 Å². The molecule has 0 radical (unpaired) electrons. The molecular weight excluding hydrogens is 346 g/mol. The zero-order valence-electron chi connectivity index (χ0n) is 14.4. The van der Waals surface area contributed by atoms with E-state index in [1.54, 1.807) is 0 Å². The highest BCUT2D eigenvalue weighted by atomic mass is 32.2. The van der Waals surface area contributed by atoms with Crippen molar-refractivity contribution in [3.8, 4) is 0 Å². The zero-order chi connectivity index (χ0) is 17.9. The maximum Gasteiger partial charge on any atom is 0.234 e. The van der Waals surface area contributed by atoms with E-state index in [-0.39, 0.29) is 5.91 Å². The average molecular weight is 365 g/mol. The Labute approximate surface area is 156 Å².